The molecule has 0 aliphatic rings. The number of rotatable bonds is 1. The predicted molar refractivity (Wildman–Crippen MR) is 154 cm³/mol. The molecule has 0 nitrogen and oxygen atoms in total. The van der Waals surface area contributed by atoms with E-state index in [0.717, 1.165) is 0 Å². The highest BCUT2D eigenvalue weighted by Crippen LogP contribution is 1.71. The lowest BCUT2D eigenvalue weighted by molar-refractivity contribution is 1.50. The zero-order chi connectivity index (χ0) is 26.8. The molecule has 0 aromatic carbocycles. The zero-order valence-electron chi connectivity index (χ0n) is 25.7. The van der Waals surface area contributed by atoms with Gasteiger partial charge in [-0.25, -0.2) is 0 Å². The topological polar surface area (TPSA) is 0 Å². The van der Waals surface area contributed by atoms with E-state index in [1.54, 1.807) is 0 Å². The summed E-state index contributed by atoms with van der Waals surface area (Å²) in [5, 5.41) is 0. The summed E-state index contributed by atoms with van der Waals surface area (Å²) in [6, 6.07) is 0. The van der Waals surface area contributed by atoms with E-state index in [-0.39, 0.29) is 0 Å². The molecule has 0 atom stereocenters. The van der Waals surface area contributed by atoms with Crippen LogP contribution in [0.25, 0.3) is 0 Å². The predicted octanol–water partition coefficient (Wildman–Crippen LogP) is 13.2. The van der Waals surface area contributed by atoms with Gasteiger partial charge in [0.05, 0.1) is 0 Å². The van der Waals surface area contributed by atoms with Crippen LogP contribution >= 0.6 is 0 Å². The van der Waals surface area contributed by atoms with Gasteiger partial charge in [-0.1, -0.05) is 163 Å². The van der Waals surface area contributed by atoms with Crippen LogP contribution in [0.1, 0.15) is 152 Å². The number of allylic oxidation sites excluding steroid dienone is 4. The average Bonchev–Trinajstić information content (AvgIpc) is 2.91. The standard InChI is InChI=1S/C6H10.10C2H6.C2H4/c1-3-5-6-4-2;11*1-2/h3-6H,1-2H3;10*1-2H3;1-2H2/b5-3+,6-4+;;;;;;;;;;;. The molecule has 186 valence electrons. The van der Waals surface area contributed by atoms with Gasteiger partial charge in [0.25, 0.3) is 0 Å². The summed E-state index contributed by atoms with van der Waals surface area (Å²) in [6.45, 7) is 50.0. The van der Waals surface area contributed by atoms with Crippen LogP contribution in [0.15, 0.2) is 37.5 Å². The van der Waals surface area contributed by atoms with Crippen molar-refractivity contribution in [2.75, 3.05) is 0 Å². The maximum Gasteiger partial charge on any atom is -0.0467 e. The first-order valence-corrected chi connectivity index (χ1v) is 12.7. The summed E-state index contributed by atoms with van der Waals surface area (Å²) in [4.78, 5) is 0. The minimum absolute atomic E-state index is 2.00. The minimum atomic E-state index is 2.00. The molecule has 0 aromatic rings. The Bertz CT molecular complexity index is 58.1. The molecule has 0 N–H and O–H groups in total. The maximum atomic E-state index is 3.00. The fraction of sp³-hybridized carbons (Fsp3) is 0.786. The molecule has 0 saturated carbocycles. The molecule has 0 heterocycles. The van der Waals surface area contributed by atoms with Crippen molar-refractivity contribution >= 4 is 0 Å². The van der Waals surface area contributed by atoms with Crippen molar-refractivity contribution in [3.05, 3.63) is 37.5 Å². The van der Waals surface area contributed by atoms with Crippen LogP contribution < -0.4 is 0 Å². The van der Waals surface area contributed by atoms with Gasteiger partial charge in [-0.05, 0) is 13.8 Å². The lowest BCUT2D eigenvalue weighted by Gasteiger charge is -1.62. The molecule has 0 aliphatic heterocycles. The molecular formula is C28H74. The monoisotopic (exact) mass is 411 g/mol. The maximum absolute atomic E-state index is 3.00. The van der Waals surface area contributed by atoms with Crippen LogP contribution in [0, 0.1) is 0 Å². The largest absolute Gasteiger partial charge is 0.106 e. The molecule has 0 bridgehead atoms. The molecule has 28 heavy (non-hydrogen) atoms. The summed E-state index contributed by atoms with van der Waals surface area (Å²) >= 11 is 0. The van der Waals surface area contributed by atoms with Gasteiger partial charge in [0.1, 0.15) is 0 Å². The van der Waals surface area contributed by atoms with Crippen molar-refractivity contribution in [2.24, 2.45) is 0 Å². The van der Waals surface area contributed by atoms with Crippen molar-refractivity contribution in [1.29, 1.82) is 0 Å². The van der Waals surface area contributed by atoms with Crippen molar-refractivity contribution < 1.29 is 0 Å². The van der Waals surface area contributed by atoms with Crippen LogP contribution in [0.2, 0.25) is 0 Å². The fourth-order valence-electron chi connectivity index (χ4n) is 0.222. The first-order chi connectivity index (χ1) is 13.9. The van der Waals surface area contributed by atoms with E-state index in [1.165, 1.54) is 0 Å². The Morgan fingerprint density at radius 3 is 0.393 bits per heavy atom. The second-order valence-corrected chi connectivity index (χ2v) is 1.05. The van der Waals surface area contributed by atoms with Crippen molar-refractivity contribution in [3.8, 4) is 0 Å². The molecule has 0 aromatic heterocycles. The van der Waals surface area contributed by atoms with Gasteiger partial charge in [0.2, 0.25) is 0 Å². The van der Waals surface area contributed by atoms with E-state index in [9.17, 15) is 0 Å². The van der Waals surface area contributed by atoms with Crippen LogP contribution in [-0.2, 0) is 0 Å². The van der Waals surface area contributed by atoms with Gasteiger partial charge >= 0.3 is 0 Å². The van der Waals surface area contributed by atoms with Crippen LogP contribution in [0.4, 0.5) is 0 Å². The molecule has 0 radical (unpaired) electrons. The highest BCUT2D eigenvalue weighted by atomic mass is 13.6. The molecule has 0 fully saturated rings. The number of hydrogen-bond acceptors (Lipinski definition) is 0. The zero-order valence-corrected chi connectivity index (χ0v) is 25.7. The Hall–Kier alpha value is -0.780. The van der Waals surface area contributed by atoms with Crippen molar-refractivity contribution in [2.45, 2.75) is 152 Å². The SMILES string of the molecule is C/C=C/C=C/C.C=C.CC.CC.CC.CC.CC.CC.CC.CC.CC.CC. The van der Waals surface area contributed by atoms with Gasteiger partial charge in [0.15, 0.2) is 0 Å². The normalized spacial score (nSPS) is 4.79. The fourth-order valence-corrected chi connectivity index (χ4v) is 0.222. The molecule has 0 saturated heterocycles. The summed E-state index contributed by atoms with van der Waals surface area (Å²) in [6.07, 6.45) is 8.00. The Morgan fingerprint density at radius 1 is 0.286 bits per heavy atom. The van der Waals surface area contributed by atoms with E-state index in [2.05, 4.69) is 13.2 Å². The van der Waals surface area contributed by atoms with Gasteiger partial charge in [0, 0.05) is 0 Å². The van der Waals surface area contributed by atoms with E-state index >= 15 is 0 Å². The Labute approximate surface area is 190 Å². The molecule has 0 amide bonds. The van der Waals surface area contributed by atoms with E-state index in [0.29, 0.717) is 0 Å². The first kappa shape index (κ1) is 80.8. The second kappa shape index (κ2) is 1610. The summed E-state index contributed by atoms with van der Waals surface area (Å²) in [5.41, 5.74) is 0. The smallest absolute Gasteiger partial charge is 0.0467 e. The van der Waals surface area contributed by atoms with Crippen molar-refractivity contribution in [1.82, 2.24) is 0 Å². The highest BCUT2D eigenvalue weighted by Gasteiger charge is 1.48. The third-order valence-electron chi connectivity index (χ3n) is 0.496. The third kappa shape index (κ3) is 3000. The Kier molecular flexibility index (Phi) is 4640. The first-order valence-electron chi connectivity index (χ1n) is 12.7. The lowest BCUT2D eigenvalue weighted by Crippen LogP contribution is -1.40. The molecule has 0 aliphatic carbocycles. The van der Waals surface area contributed by atoms with Crippen LogP contribution in [0.5, 0.6) is 0 Å². The minimum Gasteiger partial charge on any atom is -0.106 e. The second-order valence-electron chi connectivity index (χ2n) is 1.05. The van der Waals surface area contributed by atoms with Crippen LogP contribution in [-0.4, -0.2) is 0 Å². The summed E-state index contributed by atoms with van der Waals surface area (Å²) < 4.78 is 0. The molecule has 0 unspecified atom stereocenters. The molecule has 0 heteroatoms. The van der Waals surface area contributed by atoms with Gasteiger partial charge in [-0.15, -0.1) is 13.2 Å². The number of hydrogen-bond donors (Lipinski definition) is 0. The van der Waals surface area contributed by atoms with Gasteiger partial charge in [-0.3, -0.25) is 0 Å². The van der Waals surface area contributed by atoms with E-state index in [1.807, 2.05) is 177 Å². The summed E-state index contributed by atoms with van der Waals surface area (Å²) in [7, 11) is 0. The average molecular weight is 411 g/mol. The van der Waals surface area contributed by atoms with Gasteiger partial charge < -0.3 is 0 Å². The molecule has 0 spiro atoms. The molecular weight excluding hydrogens is 336 g/mol. The lowest BCUT2D eigenvalue weighted by atomic mass is 10.5. The Balaban J connectivity index is -0.0000000104. The van der Waals surface area contributed by atoms with E-state index < -0.39 is 0 Å². The highest BCUT2D eigenvalue weighted by molar-refractivity contribution is 4.98. The summed E-state index contributed by atoms with van der Waals surface area (Å²) in [5.74, 6) is 0. The third-order valence-corrected chi connectivity index (χ3v) is 0.496. The van der Waals surface area contributed by atoms with Crippen LogP contribution in [0.3, 0.4) is 0 Å². The van der Waals surface area contributed by atoms with Crippen molar-refractivity contribution in [3.63, 3.8) is 0 Å². The van der Waals surface area contributed by atoms with Gasteiger partial charge in [-0.2, -0.15) is 0 Å². The quantitative estimate of drug-likeness (QED) is 0.297. The molecule has 0 rings (SSSR count). The Morgan fingerprint density at radius 2 is 0.357 bits per heavy atom. The van der Waals surface area contributed by atoms with E-state index in [4.69, 9.17) is 0 Å².